The van der Waals surface area contributed by atoms with Crippen LogP contribution in [0.15, 0.2) is 16.5 Å². The molecule has 3 unspecified atom stereocenters. The molecule has 108 valence electrons. The highest BCUT2D eigenvalue weighted by atomic mass is 16.3. The van der Waals surface area contributed by atoms with E-state index < -0.39 is 0 Å². The van der Waals surface area contributed by atoms with Crippen LogP contribution >= 0.6 is 0 Å². The lowest BCUT2D eigenvalue weighted by molar-refractivity contribution is 0.0643. The van der Waals surface area contributed by atoms with Crippen molar-refractivity contribution >= 4 is 0 Å². The van der Waals surface area contributed by atoms with Crippen molar-refractivity contribution in [1.82, 2.24) is 4.90 Å². The van der Waals surface area contributed by atoms with E-state index in [1.165, 1.54) is 19.3 Å². The van der Waals surface area contributed by atoms with E-state index in [9.17, 15) is 5.11 Å². The van der Waals surface area contributed by atoms with Crippen LogP contribution in [-0.4, -0.2) is 35.2 Å². The summed E-state index contributed by atoms with van der Waals surface area (Å²) in [6.07, 6.45) is 4.62. The molecular formula is C15H26N2O2. The summed E-state index contributed by atoms with van der Waals surface area (Å²) in [5.41, 5.74) is 6.19. The van der Waals surface area contributed by atoms with Crippen molar-refractivity contribution in [3.63, 3.8) is 0 Å². The summed E-state index contributed by atoms with van der Waals surface area (Å²) in [7, 11) is 0. The Labute approximate surface area is 115 Å². The van der Waals surface area contributed by atoms with Gasteiger partial charge in [-0.3, -0.25) is 4.90 Å². The summed E-state index contributed by atoms with van der Waals surface area (Å²) >= 11 is 0. The molecule has 1 aliphatic heterocycles. The van der Waals surface area contributed by atoms with E-state index in [2.05, 4.69) is 4.90 Å². The van der Waals surface area contributed by atoms with Crippen molar-refractivity contribution in [3.05, 3.63) is 23.7 Å². The number of aliphatic hydroxyl groups excluding tert-OH is 1. The molecule has 19 heavy (non-hydrogen) atoms. The molecule has 3 N–H and O–H groups in total. The largest absolute Gasteiger partial charge is 0.465 e. The van der Waals surface area contributed by atoms with Crippen LogP contribution in [0.4, 0.5) is 0 Å². The highest BCUT2D eigenvalue weighted by Gasteiger charge is 2.32. The normalized spacial score (nSPS) is 24.9. The molecule has 0 radical (unpaired) electrons. The van der Waals surface area contributed by atoms with Gasteiger partial charge in [0.15, 0.2) is 0 Å². The maximum atomic E-state index is 9.66. The molecule has 0 bridgehead atoms. The van der Waals surface area contributed by atoms with E-state index in [0.29, 0.717) is 0 Å². The van der Waals surface area contributed by atoms with E-state index in [-0.39, 0.29) is 24.7 Å². The Morgan fingerprint density at radius 1 is 1.42 bits per heavy atom. The van der Waals surface area contributed by atoms with Crippen molar-refractivity contribution in [1.29, 1.82) is 0 Å². The minimum atomic E-state index is -0.0160. The summed E-state index contributed by atoms with van der Waals surface area (Å²) in [6, 6.07) is 4.24. The van der Waals surface area contributed by atoms with Gasteiger partial charge in [-0.1, -0.05) is 12.8 Å². The molecule has 0 saturated carbocycles. The first-order valence-electron chi connectivity index (χ1n) is 7.32. The Morgan fingerprint density at radius 2 is 2.21 bits per heavy atom. The van der Waals surface area contributed by atoms with Crippen molar-refractivity contribution in [3.8, 4) is 0 Å². The van der Waals surface area contributed by atoms with Gasteiger partial charge in [-0.2, -0.15) is 0 Å². The molecule has 4 heteroatoms. The van der Waals surface area contributed by atoms with Crippen LogP contribution in [0.5, 0.6) is 0 Å². The fraction of sp³-hybridized carbons (Fsp3) is 0.733. The third kappa shape index (κ3) is 3.38. The molecule has 1 aromatic heterocycles. The number of aliphatic hydroxyl groups is 1. The smallest absolute Gasteiger partial charge is 0.122 e. The molecule has 4 nitrogen and oxygen atoms in total. The van der Waals surface area contributed by atoms with Crippen LogP contribution in [0.25, 0.3) is 0 Å². The lowest BCUT2D eigenvalue weighted by atomic mass is 10.0. The molecule has 1 saturated heterocycles. The van der Waals surface area contributed by atoms with E-state index in [0.717, 1.165) is 24.5 Å². The van der Waals surface area contributed by atoms with Gasteiger partial charge in [0.05, 0.1) is 12.6 Å². The Balaban J connectivity index is 2.25. The van der Waals surface area contributed by atoms with Crippen LogP contribution < -0.4 is 5.73 Å². The maximum absolute atomic E-state index is 9.66. The Hall–Kier alpha value is -0.840. The fourth-order valence-electron chi connectivity index (χ4n) is 3.10. The number of likely N-dealkylation sites (tertiary alicyclic amines) is 1. The van der Waals surface area contributed by atoms with Gasteiger partial charge in [0.1, 0.15) is 11.5 Å². The molecule has 1 fully saturated rings. The van der Waals surface area contributed by atoms with Gasteiger partial charge in [-0.05, 0) is 45.4 Å². The zero-order chi connectivity index (χ0) is 13.8. The van der Waals surface area contributed by atoms with Crippen LogP contribution in [0.3, 0.4) is 0 Å². The number of rotatable bonds is 4. The summed E-state index contributed by atoms with van der Waals surface area (Å²) < 4.78 is 5.79. The van der Waals surface area contributed by atoms with Gasteiger partial charge < -0.3 is 15.3 Å². The molecule has 0 aromatic carbocycles. The van der Waals surface area contributed by atoms with Crippen LogP contribution in [0, 0.1) is 6.92 Å². The average Bonchev–Trinajstić information content (AvgIpc) is 2.65. The molecule has 1 aromatic rings. The van der Waals surface area contributed by atoms with Gasteiger partial charge in [-0.25, -0.2) is 0 Å². The van der Waals surface area contributed by atoms with Crippen LogP contribution in [0.1, 0.15) is 50.2 Å². The van der Waals surface area contributed by atoms with E-state index in [1.54, 1.807) is 0 Å². The molecule has 3 atom stereocenters. The number of furan rings is 1. The number of hydrogen-bond acceptors (Lipinski definition) is 4. The summed E-state index contributed by atoms with van der Waals surface area (Å²) in [4.78, 5) is 2.34. The molecule has 0 spiro atoms. The van der Waals surface area contributed by atoms with Gasteiger partial charge in [0.25, 0.3) is 0 Å². The monoisotopic (exact) mass is 266 g/mol. The molecular weight excluding hydrogens is 240 g/mol. The van der Waals surface area contributed by atoms with Crippen molar-refractivity contribution in [2.24, 2.45) is 5.73 Å². The van der Waals surface area contributed by atoms with Gasteiger partial charge in [0, 0.05) is 12.1 Å². The molecule has 1 aliphatic rings. The van der Waals surface area contributed by atoms with Crippen molar-refractivity contribution in [2.45, 2.75) is 57.7 Å². The average molecular weight is 266 g/mol. The summed E-state index contributed by atoms with van der Waals surface area (Å²) in [5.74, 6) is 1.84. The molecule has 0 amide bonds. The highest BCUT2D eigenvalue weighted by molar-refractivity contribution is 5.12. The highest BCUT2D eigenvalue weighted by Crippen LogP contribution is 2.30. The minimum Gasteiger partial charge on any atom is -0.465 e. The topological polar surface area (TPSA) is 62.6 Å². The lowest BCUT2D eigenvalue weighted by Gasteiger charge is -2.37. The number of nitrogens with zero attached hydrogens (tertiary/aromatic N) is 1. The first-order chi connectivity index (χ1) is 9.13. The number of hydrogen-bond donors (Lipinski definition) is 2. The third-order valence-electron chi connectivity index (χ3n) is 4.04. The SMILES string of the molecule is Cc1ccc(C(C(C)N)N2CCCCCC2CO)o1. The van der Waals surface area contributed by atoms with E-state index >= 15 is 0 Å². The van der Waals surface area contributed by atoms with Gasteiger partial charge in [0.2, 0.25) is 0 Å². The maximum Gasteiger partial charge on any atom is 0.122 e. The second-order valence-corrected chi connectivity index (χ2v) is 5.68. The predicted octanol–water partition coefficient (Wildman–Crippen LogP) is 2.21. The van der Waals surface area contributed by atoms with Crippen molar-refractivity contribution in [2.75, 3.05) is 13.2 Å². The van der Waals surface area contributed by atoms with Crippen LogP contribution in [-0.2, 0) is 0 Å². The third-order valence-corrected chi connectivity index (χ3v) is 4.04. The summed E-state index contributed by atoms with van der Waals surface area (Å²) in [6.45, 7) is 5.15. The quantitative estimate of drug-likeness (QED) is 0.877. The van der Waals surface area contributed by atoms with E-state index in [4.69, 9.17) is 10.2 Å². The fourth-order valence-corrected chi connectivity index (χ4v) is 3.10. The Morgan fingerprint density at radius 3 is 2.79 bits per heavy atom. The number of aryl methyl sites for hydroxylation is 1. The van der Waals surface area contributed by atoms with Gasteiger partial charge in [-0.15, -0.1) is 0 Å². The zero-order valence-corrected chi connectivity index (χ0v) is 12.0. The standard InChI is InChI=1S/C15H26N2O2/c1-11-7-8-14(19-11)15(12(2)16)17-9-5-3-4-6-13(17)10-18/h7-8,12-13,15,18H,3-6,9-10,16H2,1-2H3. The van der Waals surface area contributed by atoms with Gasteiger partial charge >= 0.3 is 0 Å². The molecule has 0 aliphatic carbocycles. The summed E-state index contributed by atoms with van der Waals surface area (Å²) in [5, 5.41) is 9.66. The predicted molar refractivity (Wildman–Crippen MR) is 75.9 cm³/mol. The number of nitrogens with two attached hydrogens (primary N) is 1. The van der Waals surface area contributed by atoms with E-state index in [1.807, 2.05) is 26.0 Å². The lowest BCUT2D eigenvalue weighted by Crippen LogP contribution is -2.46. The Bertz CT molecular complexity index is 389. The van der Waals surface area contributed by atoms with Crippen LogP contribution in [0.2, 0.25) is 0 Å². The zero-order valence-electron chi connectivity index (χ0n) is 12.0. The minimum absolute atomic E-state index is 0.0160. The molecule has 2 rings (SSSR count). The van der Waals surface area contributed by atoms with Crippen molar-refractivity contribution < 1.29 is 9.52 Å². The Kier molecular flexibility index (Phi) is 5.02. The second-order valence-electron chi connectivity index (χ2n) is 5.68. The second kappa shape index (κ2) is 6.55. The first kappa shape index (κ1) is 14.6. The molecule has 2 heterocycles. The first-order valence-corrected chi connectivity index (χ1v) is 7.32.